The van der Waals surface area contributed by atoms with Gasteiger partial charge in [-0.15, -0.1) is 5.10 Å². The second-order valence-corrected chi connectivity index (χ2v) is 3.11. The molecule has 0 aliphatic carbocycles. The van der Waals surface area contributed by atoms with Crippen molar-refractivity contribution in [3.63, 3.8) is 0 Å². The molecule has 0 fully saturated rings. The Hall–Kier alpha value is -1.80. The van der Waals surface area contributed by atoms with Crippen molar-refractivity contribution in [2.45, 2.75) is 12.4 Å². The highest BCUT2D eigenvalue weighted by molar-refractivity contribution is 5.39. The highest BCUT2D eigenvalue weighted by Gasteiger charge is 2.39. The van der Waals surface area contributed by atoms with Crippen LogP contribution < -0.4 is 0 Å². The van der Waals surface area contributed by atoms with Crippen molar-refractivity contribution in [2.24, 2.45) is 0 Å². The van der Waals surface area contributed by atoms with E-state index < -0.39 is 29.5 Å². The lowest BCUT2D eigenvalue weighted by molar-refractivity contribution is -0.147. The molecule has 0 aromatic carbocycles. The molecule has 0 bridgehead atoms. The van der Waals surface area contributed by atoms with Crippen LogP contribution in [0, 0.1) is 0 Å². The van der Waals surface area contributed by atoms with Crippen molar-refractivity contribution >= 4 is 5.65 Å². The molecule has 0 atom stereocenters. The molecular formula is C8H3F6N3. The SMILES string of the molecule is FC(F)(F)c1nc2cccc(C(F)(F)F)n2n1. The molecule has 0 aliphatic heterocycles. The molecule has 0 saturated heterocycles. The number of hydrogen-bond donors (Lipinski definition) is 0. The Morgan fingerprint density at radius 2 is 1.59 bits per heavy atom. The zero-order valence-corrected chi connectivity index (χ0v) is 7.84. The number of hydrogen-bond acceptors (Lipinski definition) is 2. The lowest BCUT2D eigenvalue weighted by Gasteiger charge is -2.07. The minimum absolute atomic E-state index is 0.128. The molecular weight excluding hydrogens is 252 g/mol. The van der Waals surface area contributed by atoms with E-state index in [1.54, 1.807) is 0 Å². The summed E-state index contributed by atoms with van der Waals surface area (Å²) in [5.74, 6) is -1.60. The quantitative estimate of drug-likeness (QED) is 0.677. The molecule has 0 saturated carbocycles. The van der Waals surface area contributed by atoms with Gasteiger partial charge >= 0.3 is 12.4 Å². The van der Waals surface area contributed by atoms with Gasteiger partial charge in [0, 0.05) is 0 Å². The zero-order chi connectivity index (χ0) is 12.8. The van der Waals surface area contributed by atoms with Gasteiger partial charge < -0.3 is 0 Å². The Balaban J connectivity index is 2.70. The molecule has 2 aromatic rings. The van der Waals surface area contributed by atoms with Crippen LogP contribution in [0.3, 0.4) is 0 Å². The molecule has 0 N–H and O–H groups in total. The highest BCUT2D eigenvalue weighted by Crippen LogP contribution is 2.31. The zero-order valence-electron chi connectivity index (χ0n) is 7.84. The molecule has 92 valence electrons. The number of fused-ring (bicyclic) bond motifs is 1. The molecule has 3 nitrogen and oxygen atoms in total. The fourth-order valence-corrected chi connectivity index (χ4v) is 1.24. The summed E-state index contributed by atoms with van der Waals surface area (Å²) in [6.45, 7) is 0. The smallest absolute Gasteiger partial charge is 0.208 e. The van der Waals surface area contributed by atoms with Crippen LogP contribution in [-0.4, -0.2) is 14.6 Å². The molecule has 2 aromatic heterocycles. The first-order chi connectivity index (χ1) is 7.69. The van der Waals surface area contributed by atoms with Crippen LogP contribution in [0.1, 0.15) is 11.5 Å². The summed E-state index contributed by atoms with van der Waals surface area (Å²) in [6, 6.07) is 2.60. The first-order valence-electron chi connectivity index (χ1n) is 4.20. The van der Waals surface area contributed by atoms with Crippen LogP contribution in [-0.2, 0) is 12.4 Å². The number of halogens is 6. The fraction of sp³-hybridized carbons (Fsp3) is 0.250. The maximum atomic E-state index is 12.5. The second-order valence-electron chi connectivity index (χ2n) is 3.11. The van der Waals surface area contributed by atoms with Gasteiger partial charge in [0.25, 0.3) is 5.82 Å². The van der Waals surface area contributed by atoms with Crippen LogP contribution in [0.15, 0.2) is 18.2 Å². The lowest BCUT2D eigenvalue weighted by Crippen LogP contribution is -2.13. The Kier molecular flexibility index (Phi) is 2.30. The molecule has 0 aliphatic rings. The van der Waals surface area contributed by atoms with Crippen LogP contribution in [0.2, 0.25) is 0 Å². The van der Waals surface area contributed by atoms with Crippen LogP contribution in [0.4, 0.5) is 26.3 Å². The predicted molar refractivity (Wildman–Crippen MR) is 43.0 cm³/mol. The molecule has 0 radical (unpaired) electrons. The number of nitrogens with zero attached hydrogens (tertiary/aromatic N) is 3. The minimum Gasteiger partial charge on any atom is -0.208 e. The normalized spacial score (nSPS) is 13.3. The standard InChI is InChI=1S/C8H3F6N3/c9-7(10,11)4-2-1-3-5-15-6(8(12,13)14)16-17(4)5/h1-3H. The Labute approximate surface area is 89.7 Å². The molecule has 9 heteroatoms. The minimum atomic E-state index is -4.88. The maximum Gasteiger partial charge on any atom is 0.453 e. The van der Waals surface area contributed by atoms with E-state index in [1.807, 2.05) is 0 Å². The van der Waals surface area contributed by atoms with Gasteiger partial charge in [0.1, 0.15) is 5.69 Å². The monoisotopic (exact) mass is 255 g/mol. The van der Waals surface area contributed by atoms with Gasteiger partial charge in [0.05, 0.1) is 0 Å². The van der Waals surface area contributed by atoms with Crippen molar-refractivity contribution in [3.05, 3.63) is 29.7 Å². The number of pyridine rings is 1. The van der Waals surface area contributed by atoms with Crippen LogP contribution in [0.25, 0.3) is 5.65 Å². The average molecular weight is 255 g/mol. The molecule has 2 rings (SSSR count). The van der Waals surface area contributed by atoms with Crippen molar-refractivity contribution in [1.29, 1.82) is 0 Å². The van der Waals surface area contributed by atoms with Gasteiger partial charge in [0.15, 0.2) is 5.65 Å². The van der Waals surface area contributed by atoms with E-state index in [9.17, 15) is 26.3 Å². The Morgan fingerprint density at radius 1 is 0.941 bits per heavy atom. The van der Waals surface area contributed by atoms with E-state index in [-0.39, 0.29) is 4.52 Å². The van der Waals surface area contributed by atoms with Crippen molar-refractivity contribution in [2.75, 3.05) is 0 Å². The summed E-state index contributed by atoms with van der Waals surface area (Å²) >= 11 is 0. The van der Waals surface area contributed by atoms with Crippen LogP contribution in [0.5, 0.6) is 0 Å². The second kappa shape index (κ2) is 3.34. The Bertz CT molecular complexity index is 552. The van der Waals surface area contributed by atoms with E-state index in [0.29, 0.717) is 6.07 Å². The summed E-state index contributed by atoms with van der Waals surface area (Å²) in [7, 11) is 0. The topological polar surface area (TPSA) is 30.2 Å². The summed E-state index contributed by atoms with van der Waals surface area (Å²) < 4.78 is 74.2. The van der Waals surface area contributed by atoms with Gasteiger partial charge in [-0.1, -0.05) is 6.07 Å². The third-order valence-corrected chi connectivity index (χ3v) is 1.90. The highest BCUT2D eigenvalue weighted by atomic mass is 19.4. The number of alkyl halides is 6. The summed E-state index contributed by atoms with van der Waals surface area (Å²) in [4.78, 5) is 2.98. The predicted octanol–water partition coefficient (Wildman–Crippen LogP) is 2.77. The maximum absolute atomic E-state index is 12.5. The van der Waals surface area contributed by atoms with E-state index in [0.717, 1.165) is 12.1 Å². The fourth-order valence-electron chi connectivity index (χ4n) is 1.24. The molecule has 2 heterocycles. The number of rotatable bonds is 0. The van der Waals surface area contributed by atoms with E-state index in [1.165, 1.54) is 0 Å². The summed E-state index contributed by atoms with van der Waals surface area (Å²) in [5, 5.41) is 2.81. The van der Waals surface area contributed by atoms with Gasteiger partial charge in [0.2, 0.25) is 0 Å². The number of aromatic nitrogens is 3. The third-order valence-electron chi connectivity index (χ3n) is 1.90. The van der Waals surface area contributed by atoms with Gasteiger partial charge in [-0.3, -0.25) is 0 Å². The largest absolute Gasteiger partial charge is 0.453 e. The van der Waals surface area contributed by atoms with Crippen LogP contribution >= 0.6 is 0 Å². The molecule has 0 unspecified atom stereocenters. The molecule has 0 spiro atoms. The summed E-state index contributed by atoms with van der Waals surface area (Å²) in [6.07, 6.45) is -9.68. The van der Waals surface area contributed by atoms with Crippen molar-refractivity contribution < 1.29 is 26.3 Å². The van der Waals surface area contributed by atoms with E-state index in [2.05, 4.69) is 10.1 Å². The lowest BCUT2D eigenvalue weighted by atomic mass is 10.3. The van der Waals surface area contributed by atoms with Gasteiger partial charge in [-0.2, -0.15) is 26.3 Å². The Morgan fingerprint density at radius 3 is 2.12 bits per heavy atom. The average Bonchev–Trinajstić information content (AvgIpc) is 2.57. The molecule has 0 amide bonds. The van der Waals surface area contributed by atoms with E-state index >= 15 is 0 Å². The first-order valence-corrected chi connectivity index (χ1v) is 4.20. The summed E-state index contributed by atoms with van der Waals surface area (Å²) in [5.41, 5.74) is -1.81. The van der Waals surface area contributed by atoms with Gasteiger partial charge in [-0.05, 0) is 12.1 Å². The van der Waals surface area contributed by atoms with Crippen molar-refractivity contribution in [1.82, 2.24) is 14.6 Å². The van der Waals surface area contributed by atoms with Gasteiger partial charge in [-0.25, -0.2) is 9.50 Å². The van der Waals surface area contributed by atoms with Crippen molar-refractivity contribution in [3.8, 4) is 0 Å². The molecule has 17 heavy (non-hydrogen) atoms. The third kappa shape index (κ3) is 2.04. The first kappa shape index (κ1) is 11.7. The van der Waals surface area contributed by atoms with E-state index in [4.69, 9.17) is 0 Å².